The molecular formula is C23H26N2O4. The van der Waals surface area contributed by atoms with E-state index in [4.69, 9.17) is 4.74 Å². The number of aliphatic hydroxyl groups is 1. The number of ketones is 1. The third kappa shape index (κ3) is 1.68. The second-order valence-electron chi connectivity index (χ2n) is 10.1. The highest BCUT2D eigenvalue weighted by Gasteiger charge is 2.75. The standard InChI is InChI=1S/C23H26N2O4/c1-21(2,3)25-9-7-13-17(25)18(27)20-22-8-10-24(4)15(23(13,22)28)11-12-5-6-14(26)19(29-20)16(12)22/h5-7,9,15,20,26,28H,8,10-11H2,1-4H3/t15?,20-,22-,23+/m0/s1. The van der Waals surface area contributed by atoms with Crippen LogP contribution in [0, 0.1) is 0 Å². The summed E-state index contributed by atoms with van der Waals surface area (Å²) in [6.45, 7) is 6.93. The average molecular weight is 394 g/mol. The first-order valence-corrected chi connectivity index (χ1v) is 10.3. The van der Waals surface area contributed by atoms with Gasteiger partial charge >= 0.3 is 0 Å². The Bertz CT molecular complexity index is 1100. The predicted octanol–water partition coefficient (Wildman–Crippen LogP) is 2.29. The van der Waals surface area contributed by atoms with E-state index in [0.717, 1.165) is 17.7 Å². The second kappa shape index (κ2) is 4.87. The van der Waals surface area contributed by atoms with Crippen LogP contribution in [0.3, 0.4) is 0 Å². The number of likely N-dealkylation sites (tertiary alicyclic amines) is 1. The van der Waals surface area contributed by atoms with Crippen molar-refractivity contribution in [2.24, 2.45) is 0 Å². The van der Waals surface area contributed by atoms with Gasteiger partial charge in [0.25, 0.3) is 0 Å². The number of fused-ring (bicyclic) bond motifs is 1. The number of likely N-dealkylation sites (N-methyl/N-ethyl adjacent to an activating group) is 1. The van der Waals surface area contributed by atoms with Gasteiger partial charge in [0.2, 0.25) is 5.78 Å². The molecule has 1 unspecified atom stereocenters. The van der Waals surface area contributed by atoms with Gasteiger partial charge in [-0.2, -0.15) is 0 Å². The first kappa shape index (κ1) is 17.5. The maximum absolute atomic E-state index is 13.9. The third-order valence-corrected chi connectivity index (χ3v) is 7.81. The number of hydrogen-bond acceptors (Lipinski definition) is 5. The molecule has 152 valence electrons. The van der Waals surface area contributed by atoms with E-state index < -0.39 is 17.1 Å². The summed E-state index contributed by atoms with van der Waals surface area (Å²) in [4.78, 5) is 16.1. The topological polar surface area (TPSA) is 74.9 Å². The van der Waals surface area contributed by atoms with Crippen LogP contribution in [0.4, 0.5) is 0 Å². The van der Waals surface area contributed by atoms with Crippen molar-refractivity contribution in [2.75, 3.05) is 13.6 Å². The van der Waals surface area contributed by atoms with Crippen molar-refractivity contribution in [3.05, 3.63) is 46.8 Å². The molecule has 1 spiro atoms. The molecule has 2 aliphatic carbocycles. The van der Waals surface area contributed by atoms with Gasteiger partial charge in [0.1, 0.15) is 5.60 Å². The summed E-state index contributed by atoms with van der Waals surface area (Å²) in [6.07, 6.45) is 2.36. The Kier molecular flexibility index (Phi) is 2.95. The summed E-state index contributed by atoms with van der Waals surface area (Å²) >= 11 is 0. The van der Waals surface area contributed by atoms with E-state index in [1.165, 1.54) is 0 Å². The number of carbonyl (C=O) groups excluding carboxylic acids is 1. The van der Waals surface area contributed by atoms with Crippen LogP contribution >= 0.6 is 0 Å². The largest absolute Gasteiger partial charge is 0.504 e. The molecule has 2 aliphatic heterocycles. The highest BCUT2D eigenvalue weighted by molar-refractivity contribution is 6.04. The summed E-state index contributed by atoms with van der Waals surface area (Å²) in [6, 6.07) is 5.34. The van der Waals surface area contributed by atoms with Crippen LogP contribution in [0.5, 0.6) is 11.5 Å². The normalized spacial score (nSPS) is 34.6. The molecule has 2 N–H and O–H groups in total. The minimum Gasteiger partial charge on any atom is -0.504 e. The van der Waals surface area contributed by atoms with Crippen molar-refractivity contribution in [1.29, 1.82) is 0 Å². The Balaban J connectivity index is 1.74. The van der Waals surface area contributed by atoms with Gasteiger partial charge in [-0.05, 0) is 64.9 Å². The fourth-order valence-corrected chi connectivity index (χ4v) is 6.59. The molecule has 6 rings (SSSR count). The zero-order valence-corrected chi connectivity index (χ0v) is 17.2. The third-order valence-electron chi connectivity index (χ3n) is 7.81. The van der Waals surface area contributed by atoms with Crippen molar-refractivity contribution < 1.29 is 19.7 Å². The van der Waals surface area contributed by atoms with E-state index in [2.05, 4.69) is 25.7 Å². The minimum absolute atomic E-state index is 0.0448. The van der Waals surface area contributed by atoms with E-state index in [-0.39, 0.29) is 23.1 Å². The van der Waals surface area contributed by atoms with E-state index in [1.54, 1.807) is 6.07 Å². The lowest BCUT2D eigenvalue weighted by Crippen LogP contribution is -2.74. The number of Topliss-reactive ketones (excluding diaryl/α,β-unsaturated/α-hetero) is 1. The molecule has 1 fully saturated rings. The van der Waals surface area contributed by atoms with Gasteiger partial charge in [-0.25, -0.2) is 0 Å². The quantitative estimate of drug-likeness (QED) is 0.717. The summed E-state index contributed by atoms with van der Waals surface area (Å²) in [5.41, 5.74) is 0.729. The molecule has 3 heterocycles. The minimum atomic E-state index is -1.25. The molecule has 6 heteroatoms. The Morgan fingerprint density at radius 3 is 2.72 bits per heavy atom. The number of benzene rings is 1. The number of hydrogen-bond donors (Lipinski definition) is 2. The highest BCUT2D eigenvalue weighted by atomic mass is 16.5. The Morgan fingerprint density at radius 2 is 2.00 bits per heavy atom. The van der Waals surface area contributed by atoms with Crippen LogP contribution in [0.1, 0.15) is 54.4 Å². The van der Waals surface area contributed by atoms with Crippen LogP contribution in [0.15, 0.2) is 24.4 Å². The molecule has 0 saturated carbocycles. The molecule has 4 aliphatic rings. The SMILES string of the molecule is CN1CC[C@]23c4c5ccc(O)c4O[C@H]2C(=O)c2c(ccn2C(C)(C)C)[C@@]3(O)C1C5. The molecule has 0 amide bonds. The lowest BCUT2D eigenvalue weighted by atomic mass is 9.48. The summed E-state index contributed by atoms with van der Waals surface area (Å²) in [7, 11) is 2.05. The van der Waals surface area contributed by atoms with Crippen molar-refractivity contribution in [2.45, 2.75) is 62.3 Å². The molecule has 2 bridgehead atoms. The van der Waals surface area contributed by atoms with Crippen molar-refractivity contribution in [1.82, 2.24) is 9.47 Å². The second-order valence-corrected chi connectivity index (χ2v) is 10.1. The molecular weight excluding hydrogens is 368 g/mol. The maximum Gasteiger partial charge on any atom is 0.221 e. The monoisotopic (exact) mass is 394 g/mol. The summed E-state index contributed by atoms with van der Waals surface area (Å²) < 4.78 is 8.19. The van der Waals surface area contributed by atoms with Gasteiger partial charge in [0.05, 0.1) is 11.1 Å². The van der Waals surface area contributed by atoms with Gasteiger partial charge in [-0.15, -0.1) is 0 Å². The molecule has 2 aromatic rings. The molecule has 6 nitrogen and oxygen atoms in total. The first-order chi connectivity index (χ1) is 13.6. The number of nitrogens with zero attached hydrogens (tertiary/aromatic N) is 2. The molecule has 0 radical (unpaired) electrons. The van der Waals surface area contributed by atoms with Crippen LogP contribution in [-0.2, 0) is 23.0 Å². The highest BCUT2D eigenvalue weighted by Crippen LogP contribution is 2.67. The Morgan fingerprint density at radius 1 is 1.24 bits per heavy atom. The van der Waals surface area contributed by atoms with E-state index in [1.807, 2.05) is 29.9 Å². The van der Waals surface area contributed by atoms with Gasteiger partial charge < -0.3 is 19.5 Å². The van der Waals surface area contributed by atoms with E-state index in [9.17, 15) is 15.0 Å². The van der Waals surface area contributed by atoms with Gasteiger partial charge in [0.15, 0.2) is 17.6 Å². The summed E-state index contributed by atoms with van der Waals surface area (Å²) in [5, 5.41) is 23.1. The number of piperidine rings is 1. The zero-order valence-electron chi connectivity index (χ0n) is 17.2. The maximum atomic E-state index is 13.9. The fourth-order valence-electron chi connectivity index (χ4n) is 6.59. The van der Waals surface area contributed by atoms with Gasteiger partial charge in [0, 0.05) is 28.9 Å². The molecule has 1 aromatic heterocycles. The number of aromatic nitrogens is 1. The van der Waals surface area contributed by atoms with E-state index in [0.29, 0.717) is 29.8 Å². The average Bonchev–Trinajstić information content (AvgIpc) is 3.24. The molecule has 4 atom stereocenters. The molecule has 1 aromatic carbocycles. The number of carbonyl (C=O) groups is 1. The lowest BCUT2D eigenvalue weighted by molar-refractivity contribution is -0.164. The van der Waals surface area contributed by atoms with Gasteiger partial charge in [-0.3, -0.25) is 9.69 Å². The smallest absolute Gasteiger partial charge is 0.221 e. The lowest BCUT2D eigenvalue weighted by Gasteiger charge is -2.61. The number of phenolic OH excluding ortho intramolecular Hbond substituents is 1. The van der Waals surface area contributed by atoms with Crippen molar-refractivity contribution >= 4 is 5.78 Å². The molecule has 1 saturated heterocycles. The predicted molar refractivity (Wildman–Crippen MR) is 107 cm³/mol. The van der Waals surface area contributed by atoms with Crippen molar-refractivity contribution in [3.8, 4) is 11.5 Å². The van der Waals surface area contributed by atoms with Crippen molar-refractivity contribution in [3.63, 3.8) is 0 Å². The number of phenols is 1. The summed E-state index contributed by atoms with van der Waals surface area (Å²) in [5.74, 6) is 0.328. The van der Waals surface area contributed by atoms with Crippen LogP contribution in [0.2, 0.25) is 0 Å². The zero-order chi connectivity index (χ0) is 20.5. The Hall–Kier alpha value is -2.31. The fraction of sp³-hybridized carbons (Fsp3) is 0.522. The van der Waals surface area contributed by atoms with Gasteiger partial charge in [-0.1, -0.05) is 6.07 Å². The van der Waals surface area contributed by atoms with E-state index >= 15 is 0 Å². The van der Waals surface area contributed by atoms with Crippen LogP contribution < -0.4 is 4.74 Å². The molecule has 29 heavy (non-hydrogen) atoms. The number of aromatic hydroxyl groups is 1. The van der Waals surface area contributed by atoms with Crippen LogP contribution in [0.25, 0.3) is 0 Å². The Labute approximate surface area is 169 Å². The number of rotatable bonds is 0. The number of ether oxygens (including phenoxy) is 1. The first-order valence-electron chi connectivity index (χ1n) is 10.3. The van der Waals surface area contributed by atoms with Crippen LogP contribution in [-0.4, -0.2) is 51.2 Å².